The smallest absolute Gasteiger partial charge is 0.241 e. The van der Waals surface area contributed by atoms with E-state index in [0.29, 0.717) is 36.4 Å². The second-order valence-corrected chi connectivity index (χ2v) is 6.66. The molecule has 0 radical (unpaired) electrons. The van der Waals surface area contributed by atoms with Gasteiger partial charge in [-0.3, -0.25) is 9.69 Å². The second kappa shape index (κ2) is 9.43. The van der Waals surface area contributed by atoms with Crippen molar-refractivity contribution in [1.82, 2.24) is 20.4 Å². The summed E-state index contributed by atoms with van der Waals surface area (Å²) in [4.78, 5) is 18.5. The van der Waals surface area contributed by atoms with Crippen molar-refractivity contribution in [2.75, 3.05) is 13.1 Å². The highest BCUT2D eigenvalue weighted by atomic mass is 35.5. The number of rotatable bonds is 8. The lowest BCUT2D eigenvalue weighted by Gasteiger charge is -2.17. The molecule has 0 fully saturated rings. The van der Waals surface area contributed by atoms with Gasteiger partial charge in [-0.25, -0.2) is 4.39 Å². The van der Waals surface area contributed by atoms with Crippen LogP contribution in [0.2, 0.25) is 5.02 Å². The van der Waals surface area contributed by atoms with Gasteiger partial charge in [-0.1, -0.05) is 47.9 Å². The maximum Gasteiger partial charge on any atom is 0.241 e. The number of nitrogens with one attached hydrogen (secondary N) is 1. The number of aromatic nitrogens is 2. The highest BCUT2D eigenvalue weighted by molar-refractivity contribution is 6.30. The maximum atomic E-state index is 12.9. The van der Waals surface area contributed by atoms with Crippen molar-refractivity contribution in [3.8, 4) is 11.4 Å². The minimum Gasteiger partial charge on any atom is -0.351 e. The first kappa shape index (κ1) is 20.0. The van der Waals surface area contributed by atoms with Crippen LogP contribution in [-0.4, -0.2) is 34.0 Å². The van der Waals surface area contributed by atoms with E-state index in [1.54, 1.807) is 24.3 Å². The van der Waals surface area contributed by atoms with Crippen molar-refractivity contribution in [2.45, 2.75) is 20.0 Å². The normalized spacial score (nSPS) is 11.0. The van der Waals surface area contributed by atoms with Crippen LogP contribution >= 0.6 is 11.6 Å². The van der Waals surface area contributed by atoms with Crippen LogP contribution in [0.1, 0.15) is 18.4 Å². The van der Waals surface area contributed by atoms with Gasteiger partial charge in [-0.15, -0.1) is 0 Å². The monoisotopic (exact) mass is 402 g/mol. The Morgan fingerprint density at radius 3 is 2.75 bits per heavy atom. The van der Waals surface area contributed by atoms with E-state index in [-0.39, 0.29) is 18.3 Å². The summed E-state index contributed by atoms with van der Waals surface area (Å²) in [6.45, 7) is 3.47. The molecular formula is C20H20ClFN4O2. The van der Waals surface area contributed by atoms with E-state index >= 15 is 0 Å². The molecule has 28 heavy (non-hydrogen) atoms. The maximum absolute atomic E-state index is 12.9. The van der Waals surface area contributed by atoms with Gasteiger partial charge >= 0.3 is 0 Å². The number of nitrogens with zero attached hydrogens (tertiary/aromatic N) is 3. The summed E-state index contributed by atoms with van der Waals surface area (Å²) in [5.41, 5.74) is 1.60. The summed E-state index contributed by atoms with van der Waals surface area (Å²) >= 11 is 5.99. The summed E-state index contributed by atoms with van der Waals surface area (Å²) in [6, 6.07) is 13.2. The lowest BCUT2D eigenvalue weighted by Crippen LogP contribution is -2.36. The third-order valence-corrected chi connectivity index (χ3v) is 4.36. The molecule has 0 aliphatic heterocycles. The zero-order valence-electron chi connectivity index (χ0n) is 15.4. The predicted molar refractivity (Wildman–Crippen MR) is 104 cm³/mol. The molecule has 1 N–H and O–H groups in total. The van der Waals surface area contributed by atoms with E-state index in [1.807, 2.05) is 24.0 Å². The first-order valence-corrected chi connectivity index (χ1v) is 9.23. The van der Waals surface area contributed by atoms with Crippen LogP contribution in [0.5, 0.6) is 0 Å². The lowest BCUT2D eigenvalue weighted by atomic mass is 10.2. The molecular weight excluding hydrogens is 383 g/mol. The molecule has 0 aliphatic rings. The first-order valence-electron chi connectivity index (χ1n) is 8.85. The summed E-state index contributed by atoms with van der Waals surface area (Å²) in [7, 11) is 0. The van der Waals surface area contributed by atoms with Crippen LogP contribution in [0.3, 0.4) is 0 Å². The van der Waals surface area contributed by atoms with E-state index < -0.39 is 0 Å². The molecule has 0 unspecified atom stereocenters. The van der Waals surface area contributed by atoms with Gasteiger partial charge in [0, 0.05) is 17.1 Å². The van der Waals surface area contributed by atoms with Gasteiger partial charge in [0.1, 0.15) is 5.82 Å². The summed E-state index contributed by atoms with van der Waals surface area (Å²) in [5.74, 6) is 0.433. The van der Waals surface area contributed by atoms with Crippen LogP contribution in [0, 0.1) is 5.82 Å². The van der Waals surface area contributed by atoms with Gasteiger partial charge in [0.25, 0.3) is 0 Å². The number of hydrogen-bond donors (Lipinski definition) is 1. The molecule has 146 valence electrons. The Morgan fingerprint density at radius 1 is 1.25 bits per heavy atom. The van der Waals surface area contributed by atoms with Crippen molar-refractivity contribution in [3.63, 3.8) is 0 Å². The van der Waals surface area contributed by atoms with Crippen molar-refractivity contribution < 1.29 is 13.7 Å². The van der Waals surface area contributed by atoms with E-state index in [4.69, 9.17) is 16.1 Å². The van der Waals surface area contributed by atoms with Gasteiger partial charge in [0.05, 0.1) is 13.1 Å². The SMILES string of the molecule is CCN(CC(=O)NCc1ccc(F)cc1)Cc1nc(-c2cccc(Cl)c2)no1. The standard InChI is InChI=1S/C20H20ClFN4O2/c1-2-26(12-18(27)23-11-14-6-8-17(22)9-7-14)13-19-24-20(25-28-19)15-4-3-5-16(21)10-15/h3-10H,2,11-13H2,1H3,(H,23,27). The molecule has 1 amide bonds. The molecule has 0 aliphatic carbocycles. The number of carbonyl (C=O) groups excluding carboxylic acids is 1. The van der Waals surface area contributed by atoms with Crippen LogP contribution in [0.15, 0.2) is 53.1 Å². The zero-order chi connectivity index (χ0) is 19.9. The highest BCUT2D eigenvalue weighted by Gasteiger charge is 2.15. The largest absolute Gasteiger partial charge is 0.351 e. The minimum absolute atomic E-state index is 0.138. The van der Waals surface area contributed by atoms with E-state index in [1.165, 1.54) is 12.1 Å². The molecule has 3 aromatic rings. The Labute approximate surface area is 167 Å². The molecule has 1 heterocycles. The third kappa shape index (κ3) is 5.61. The number of benzene rings is 2. The molecule has 0 atom stereocenters. The molecule has 0 spiro atoms. The Morgan fingerprint density at radius 2 is 2.04 bits per heavy atom. The zero-order valence-corrected chi connectivity index (χ0v) is 16.1. The van der Waals surface area contributed by atoms with Gasteiger partial charge in [-0.05, 0) is 36.4 Å². The Kier molecular flexibility index (Phi) is 6.73. The average Bonchev–Trinajstić information content (AvgIpc) is 3.15. The van der Waals surface area contributed by atoms with Gasteiger partial charge in [0.15, 0.2) is 0 Å². The summed E-state index contributed by atoms with van der Waals surface area (Å²) in [6.07, 6.45) is 0. The fraction of sp³-hybridized carbons (Fsp3) is 0.250. The topological polar surface area (TPSA) is 71.3 Å². The molecule has 8 heteroatoms. The number of likely N-dealkylation sites (N-methyl/N-ethyl adjacent to an activating group) is 1. The Bertz CT molecular complexity index is 930. The number of halogens is 2. The summed E-state index contributed by atoms with van der Waals surface area (Å²) in [5, 5.41) is 7.39. The van der Waals surface area contributed by atoms with Crippen molar-refractivity contribution in [2.24, 2.45) is 0 Å². The quantitative estimate of drug-likeness (QED) is 0.622. The van der Waals surface area contributed by atoms with Crippen molar-refractivity contribution in [3.05, 3.63) is 70.8 Å². The molecule has 3 rings (SSSR count). The Hall–Kier alpha value is -2.77. The number of amides is 1. The molecule has 0 bridgehead atoms. The molecule has 2 aromatic carbocycles. The number of hydrogen-bond acceptors (Lipinski definition) is 5. The van der Waals surface area contributed by atoms with Crippen LogP contribution in [0.25, 0.3) is 11.4 Å². The fourth-order valence-electron chi connectivity index (χ4n) is 2.60. The van der Waals surface area contributed by atoms with Crippen LogP contribution in [0.4, 0.5) is 4.39 Å². The lowest BCUT2D eigenvalue weighted by molar-refractivity contribution is -0.122. The fourth-order valence-corrected chi connectivity index (χ4v) is 2.79. The summed E-state index contributed by atoms with van der Waals surface area (Å²) < 4.78 is 18.2. The minimum atomic E-state index is -0.302. The first-order chi connectivity index (χ1) is 13.5. The van der Waals surface area contributed by atoms with Gasteiger partial charge in [0.2, 0.25) is 17.6 Å². The van der Waals surface area contributed by atoms with Crippen LogP contribution < -0.4 is 5.32 Å². The molecule has 1 aromatic heterocycles. The van der Waals surface area contributed by atoms with Gasteiger partial charge in [-0.2, -0.15) is 4.98 Å². The number of carbonyl (C=O) groups is 1. The highest BCUT2D eigenvalue weighted by Crippen LogP contribution is 2.20. The molecule has 0 saturated heterocycles. The van der Waals surface area contributed by atoms with E-state index in [0.717, 1.165) is 11.1 Å². The molecule has 6 nitrogen and oxygen atoms in total. The Balaban J connectivity index is 1.54. The van der Waals surface area contributed by atoms with Crippen molar-refractivity contribution >= 4 is 17.5 Å². The predicted octanol–water partition coefficient (Wildman–Crippen LogP) is 3.67. The average molecular weight is 403 g/mol. The van der Waals surface area contributed by atoms with E-state index in [2.05, 4.69) is 15.5 Å². The second-order valence-electron chi connectivity index (χ2n) is 6.23. The van der Waals surface area contributed by atoms with Crippen molar-refractivity contribution in [1.29, 1.82) is 0 Å². The van der Waals surface area contributed by atoms with E-state index in [9.17, 15) is 9.18 Å². The third-order valence-electron chi connectivity index (χ3n) is 4.13. The van der Waals surface area contributed by atoms with Gasteiger partial charge < -0.3 is 9.84 Å². The van der Waals surface area contributed by atoms with Crippen LogP contribution in [-0.2, 0) is 17.9 Å². The molecule has 0 saturated carbocycles.